The molecule has 0 aliphatic rings. The van der Waals surface area contributed by atoms with Crippen LogP contribution in [0, 0.1) is 0 Å². The summed E-state index contributed by atoms with van der Waals surface area (Å²) in [6.45, 7) is 4.78. The van der Waals surface area contributed by atoms with E-state index in [1.54, 1.807) is 42.5 Å². The van der Waals surface area contributed by atoms with Crippen molar-refractivity contribution in [2.75, 3.05) is 18.9 Å². The molecule has 3 aromatic carbocycles. The van der Waals surface area contributed by atoms with Crippen molar-refractivity contribution in [2.45, 2.75) is 31.6 Å². The van der Waals surface area contributed by atoms with E-state index in [1.165, 1.54) is 12.3 Å². The van der Waals surface area contributed by atoms with Crippen molar-refractivity contribution in [1.82, 2.24) is 4.98 Å². The van der Waals surface area contributed by atoms with Gasteiger partial charge in [0.25, 0.3) is 0 Å². The molecule has 4 aromatic rings. The van der Waals surface area contributed by atoms with Gasteiger partial charge >= 0.3 is 29.6 Å². The Labute approximate surface area is 254 Å². The average Bonchev–Trinajstić information content (AvgIpc) is 2.93. The van der Waals surface area contributed by atoms with Gasteiger partial charge in [-0.25, -0.2) is 8.42 Å². The molecule has 4 rings (SSSR count). The Hall–Kier alpha value is -3.35. The minimum Gasteiger partial charge on any atom is -0.744 e. The first kappa shape index (κ1) is 31.2. The second-order valence-corrected chi connectivity index (χ2v) is 9.91. The third kappa shape index (κ3) is 7.04. The number of unbranched alkanes of at least 4 members (excludes halogenated alkanes) is 1. The summed E-state index contributed by atoms with van der Waals surface area (Å²) in [4.78, 5) is 15.6. The summed E-state index contributed by atoms with van der Waals surface area (Å²) < 4.78 is 47.3. The molecular formula is C28H27N4NaO6S. The maximum absolute atomic E-state index is 11.9. The SMILES string of the molecule is CCCCOc1c(OCC)cc(C=O)cc1-c1ccc(N=Nc2cc(S(=O)(=O)[O-])c3ccccc3c2N)cn1.[Na+]. The van der Waals surface area contributed by atoms with E-state index in [1.807, 2.05) is 6.92 Å². The van der Waals surface area contributed by atoms with E-state index in [0.29, 0.717) is 52.6 Å². The van der Waals surface area contributed by atoms with Crippen molar-refractivity contribution in [3.8, 4) is 22.8 Å². The molecule has 0 fully saturated rings. The van der Waals surface area contributed by atoms with E-state index >= 15 is 0 Å². The third-order valence-corrected chi connectivity index (χ3v) is 6.73. The largest absolute Gasteiger partial charge is 1.00 e. The molecular weight excluding hydrogens is 543 g/mol. The molecule has 0 radical (unpaired) electrons. The summed E-state index contributed by atoms with van der Waals surface area (Å²) in [6, 6.07) is 14.2. The van der Waals surface area contributed by atoms with Crippen LogP contribution in [0.4, 0.5) is 17.1 Å². The van der Waals surface area contributed by atoms with Crippen LogP contribution in [0.1, 0.15) is 37.0 Å². The first-order chi connectivity index (χ1) is 18.8. The van der Waals surface area contributed by atoms with Crippen molar-refractivity contribution < 1.29 is 56.8 Å². The monoisotopic (exact) mass is 570 g/mol. The zero-order valence-corrected chi connectivity index (χ0v) is 25.3. The van der Waals surface area contributed by atoms with Gasteiger partial charge in [-0.2, -0.15) is 0 Å². The Morgan fingerprint density at radius 3 is 2.40 bits per heavy atom. The fourth-order valence-electron chi connectivity index (χ4n) is 3.97. The number of hydrogen-bond acceptors (Lipinski definition) is 10. The number of benzene rings is 3. The molecule has 2 N–H and O–H groups in total. The van der Waals surface area contributed by atoms with Gasteiger partial charge in [-0.15, -0.1) is 10.2 Å². The van der Waals surface area contributed by atoms with E-state index in [0.717, 1.165) is 25.2 Å². The molecule has 0 amide bonds. The molecule has 0 bridgehead atoms. The van der Waals surface area contributed by atoms with Gasteiger partial charge in [0, 0.05) is 21.9 Å². The van der Waals surface area contributed by atoms with Crippen LogP contribution >= 0.6 is 0 Å². The molecule has 10 nitrogen and oxygen atoms in total. The van der Waals surface area contributed by atoms with Crippen molar-refractivity contribution in [3.05, 3.63) is 66.4 Å². The molecule has 1 heterocycles. The molecule has 0 aliphatic heterocycles. The average molecular weight is 571 g/mol. The molecule has 0 atom stereocenters. The number of nitrogens with zero attached hydrogens (tertiary/aromatic N) is 3. The number of fused-ring (bicyclic) bond motifs is 1. The quantitative estimate of drug-likeness (QED) is 0.0720. The molecule has 1 aromatic heterocycles. The van der Waals surface area contributed by atoms with Crippen LogP contribution in [0.5, 0.6) is 11.5 Å². The van der Waals surface area contributed by atoms with Crippen LogP contribution < -0.4 is 44.8 Å². The normalized spacial score (nSPS) is 11.4. The van der Waals surface area contributed by atoms with E-state index in [9.17, 15) is 17.8 Å². The number of pyridine rings is 1. The zero-order chi connectivity index (χ0) is 28.0. The first-order valence-corrected chi connectivity index (χ1v) is 13.7. The van der Waals surface area contributed by atoms with Gasteiger partial charge in [0.2, 0.25) is 0 Å². The summed E-state index contributed by atoms with van der Waals surface area (Å²) in [7, 11) is -4.78. The maximum Gasteiger partial charge on any atom is 1.00 e. The minimum atomic E-state index is -4.78. The number of aldehydes is 1. The molecule has 0 unspecified atom stereocenters. The number of ether oxygens (including phenoxy) is 2. The van der Waals surface area contributed by atoms with Crippen molar-refractivity contribution in [2.24, 2.45) is 10.2 Å². The van der Waals surface area contributed by atoms with Crippen LogP contribution in [0.25, 0.3) is 22.0 Å². The smallest absolute Gasteiger partial charge is 0.744 e. The Bertz CT molecular complexity index is 1640. The van der Waals surface area contributed by atoms with Gasteiger partial charge < -0.3 is 19.8 Å². The van der Waals surface area contributed by atoms with Crippen LogP contribution in [-0.4, -0.2) is 37.5 Å². The molecule has 12 heteroatoms. The fourth-order valence-corrected chi connectivity index (χ4v) is 4.67. The number of rotatable bonds is 11. The summed E-state index contributed by atoms with van der Waals surface area (Å²) >= 11 is 0. The van der Waals surface area contributed by atoms with Crippen molar-refractivity contribution in [1.29, 1.82) is 0 Å². The molecule has 0 saturated carbocycles. The molecule has 202 valence electrons. The van der Waals surface area contributed by atoms with Gasteiger partial charge in [0.1, 0.15) is 27.8 Å². The predicted molar refractivity (Wildman–Crippen MR) is 147 cm³/mol. The van der Waals surface area contributed by atoms with E-state index in [-0.39, 0.29) is 46.3 Å². The Morgan fingerprint density at radius 1 is 1.02 bits per heavy atom. The number of carbonyl (C=O) groups is 1. The predicted octanol–water partition coefficient (Wildman–Crippen LogP) is 3.20. The number of anilines is 1. The summed E-state index contributed by atoms with van der Waals surface area (Å²) in [5, 5.41) is 8.84. The van der Waals surface area contributed by atoms with Crippen LogP contribution in [0.15, 0.2) is 75.9 Å². The second kappa shape index (κ2) is 13.8. The van der Waals surface area contributed by atoms with Gasteiger partial charge in [-0.05, 0) is 43.7 Å². The van der Waals surface area contributed by atoms with Crippen molar-refractivity contribution in [3.63, 3.8) is 0 Å². The van der Waals surface area contributed by atoms with Crippen LogP contribution in [0.3, 0.4) is 0 Å². The van der Waals surface area contributed by atoms with Gasteiger partial charge in [-0.1, -0.05) is 37.6 Å². The van der Waals surface area contributed by atoms with Gasteiger partial charge in [-0.3, -0.25) is 9.78 Å². The standard InChI is InChI=1S/C28H28N4O6S.Na/c1-3-5-12-38-28-22(13-18(17-33)14-25(28)37-4-2)23-11-10-19(16-30-23)31-32-24-15-26(39(34,35)36)20-8-6-7-9-21(20)27(24)29;/h6-11,13-17H,3-5,12,29H2,1-2H3,(H,34,35,36);/q;+1/p-1. The van der Waals surface area contributed by atoms with E-state index in [4.69, 9.17) is 15.2 Å². The summed E-state index contributed by atoms with van der Waals surface area (Å²) in [5.41, 5.74) is 8.31. The minimum absolute atomic E-state index is 0. The number of carbonyl (C=O) groups excluding carboxylic acids is 1. The molecule has 0 spiro atoms. The summed E-state index contributed by atoms with van der Waals surface area (Å²) in [6.07, 6.45) is 3.99. The van der Waals surface area contributed by atoms with Crippen LogP contribution in [-0.2, 0) is 10.1 Å². The number of aromatic nitrogens is 1. The van der Waals surface area contributed by atoms with Crippen molar-refractivity contribution >= 4 is 44.2 Å². The maximum atomic E-state index is 11.9. The molecule has 0 aliphatic carbocycles. The fraction of sp³-hybridized carbons (Fsp3) is 0.214. The Kier molecular flexibility index (Phi) is 10.8. The topological polar surface area (TPSA) is 156 Å². The number of nitrogen functional groups attached to an aromatic ring is 1. The van der Waals surface area contributed by atoms with E-state index in [2.05, 4.69) is 22.1 Å². The van der Waals surface area contributed by atoms with Gasteiger partial charge in [0.05, 0.1) is 35.7 Å². The van der Waals surface area contributed by atoms with E-state index < -0.39 is 15.0 Å². The number of hydrogen-bond donors (Lipinski definition) is 1. The summed E-state index contributed by atoms with van der Waals surface area (Å²) in [5.74, 6) is 0.947. The van der Waals surface area contributed by atoms with Crippen LogP contribution in [0.2, 0.25) is 0 Å². The Balaban J connectivity index is 0.00000441. The Morgan fingerprint density at radius 2 is 1.77 bits per heavy atom. The van der Waals surface area contributed by atoms with Gasteiger partial charge in [0.15, 0.2) is 11.5 Å². The first-order valence-electron chi connectivity index (χ1n) is 12.3. The molecule has 0 saturated heterocycles. The third-order valence-electron chi connectivity index (χ3n) is 5.85. The number of nitrogens with two attached hydrogens (primary N) is 1. The number of azo groups is 1. The molecule has 40 heavy (non-hydrogen) atoms. The second-order valence-electron chi connectivity index (χ2n) is 8.56. The zero-order valence-electron chi connectivity index (χ0n) is 22.5.